The van der Waals surface area contributed by atoms with Gasteiger partial charge in [0.05, 0.1) is 0 Å². The van der Waals surface area contributed by atoms with Gasteiger partial charge in [-0.15, -0.1) is 0 Å². The summed E-state index contributed by atoms with van der Waals surface area (Å²) in [6.45, 7) is -0.224. The molecule has 1 aromatic rings. The van der Waals surface area contributed by atoms with Crippen LogP contribution in [0.3, 0.4) is 0 Å². The Bertz CT molecular complexity index is 536. The molecular formula is C16H18BrNO3. The molecule has 0 unspecified atom stereocenters. The molecule has 0 radical (unpaired) electrons. The maximum Gasteiger partial charge on any atom is 0.331 e. The molecule has 5 heteroatoms. The number of hydrogen-bond acceptors (Lipinski definition) is 3. The highest BCUT2D eigenvalue weighted by molar-refractivity contribution is 9.10. The first-order chi connectivity index (χ1) is 10.1. The number of ether oxygens (including phenoxy) is 1. The van der Waals surface area contributed by atoms with E-state index in [9.17, 15) is 9.59 Å². The van der Waals surface area contributed by atoms with Gasteiger partial charge < -0.3 is 10.1 Å². The third-order valence-electron chi connectivity index (χ3n) is 3.33. The molecule has 1 aromatic carbocycles. The fourth-order valence-corrected chi connectivity index (χ4v) is 2.72. The quantitative estimate of drug-likeness (QED) is 0.655. The van der Waals surface area contributed by atoms with E-state index in [1.165, 1.54) is 6.08 Å². The Balaban J connectivity index is 1.72. The second-order valence-corrected chi connectivity index (χ2v) is 5.96. The van der Waals surface area contributed by atoms with E-state index in [0.29, 0.717) is 0 Å². The summed E-state index contributed by atoms with van der Waals surface area (Å²) in [5.74, 6) is -0.748. The summed E-state index contributed by atoms with van der Waals surface area (Å²) < 4.78 is 5.86. The monoisotopic (exact) mass is 351 g/mol. The number of halogens is 1. The lowest BCUT2D eigenvalue weighted by atomic mass is 10.2. The first-order valence-electron chi connectivity index (χ1n) is 7.03. The number of esters is 1. The van der Waals surface area contributed by atoms with Crippen molar-refractivity contribution in [2.45, 2.75) is 31.7 Å². The summed E-state index contributed by atoms with van der Waals surface area (Å²) in [7, 11) is 0. The van der Waals surface area contributed by atoms with Crippen molar-refractivity contribution in [1.82, 2.24) is 5.32 Å². The Morgan fingerprint density at radius 1 is 1.33 bits per heavy atom. The zero-order valence-corrected chi connectivity index (χ0v) is 13.3. The molecule has 1 fully saturated rings. The van der Waals surface area contributed by atoms with Gasteiger partial charge in [0.2, 0.25) is 0 Å². The smallest absolute Gasteiger partial charge is 0.331 e. The fourth-order valence-electron chi connectivity index (χ4n) is 2.30. The van der Waals surface area contributed by atoms with Gasteiger partial charge in [0.1, 0.15) is 0 Å². The molecule has 0 spiro atoms. The highest BCUT2D eigenvalue weighted by Gasteiger charge is 2.17. The molecule has 1 saturated carbocycles. The molecule has 0 aliphatic heterocycles. The van der Waals surface area contributed by atoms with Crippen molar-refractivity contribution < 1.29 is 14.3 Å². The lowest BCUT2D eigenvalue weighted by molar-refractivity contribution is -0.144. The lowest BCUT2D eigenvalue weighted by Gasteiger charge is -2.11. The van der Waals surface area contributed by atoms with Crippen LogP contribution in [0.15, 0.2) is 34.8 Å². The molecule has 1 aliphatic rings. The normalized spacial score (nSPS) is 15.3. The summed E-state index contributed by atoms with van der Waals surface area (Å²) >= 11 is 3.36. The van der Waals surface area contributed by atoms with E-state index in [1.807, 2.05) is 24.3 Å². The average Bonchev–Trinajstić information content (AvgIpc) is 2.96. The van der Waals surface area contributed by atoms with Gasteiger partial charge in [0, 0.05) is 16.6 Å². The molecule has 0 saturated heterocycles. The molecule has 2 rings (SSSR count). The number of nitrogens with one attached hydrogen (secondary N) is 1. The highest BCUT2D eigenvalue weighted by Crippen LogP contribution is 2.17. The van der Waals surface area contributed by atoms with E-state index < -0.39 is 5.97 Å². The largest absolute Gasteiger partial charge is 0.452 e. The molecule has 1 amide bonds. The van der Waals surface area contributed by atoms with Gasteiger partial charge in [0.25, 0.3) is 5.91 Å². The van der Waals surface area contributed by atoms with Crippen molar-refractivity contribution in [2.24, 2.45) is 0 Å². The summed E-state index contributed by atoms with van der Waals surface area (Å²) in [6, 6.07) is 7.79. The minimum atomic E-state index is -0.517. The van der Waals surface area contributed by atoms with Gasteiger partial charge in [-0.05, 0) is 36.6 Å². The Morgan fingerprint density at radius 3 is 2.81 bits per heavy atom. The van der Waals surface area contributed by atoms with E-state index in [0.717, 1.165) is 35.7 Å². The molecular weight excluding hydrogens is 334 g/mol. The van der Waals surface area contributed by atoms with Crippen LogP contribution in [0.2, 0.25) is 0 Å². The summed E-state index contributed by atoms with van der Waals surface area (Å²) in [6.07, 6.45) is 7.32. The molecule has 21 heavy (non-hydrogen) atoms. The van der Waals surface area contributed by atoms with Gasteiger partial charge in [-0.1, -0.05) is 40.9 Å². The lowest BCUT2D eigenvalue weighted by Crippen LogP contribution is -2.35. The van der Waals surface area contributed by atoms with Gasteiger partial charge in [-0.25, -0.2) is 4.79 Å². The fraction of sp³-hybridized carbons (Fsp3) is 0.375. The van der Waals surface area contributed by atoms with Crippen molar-refractivity contribution in [3.05, 3.63) is 40.4 Å². The van der Waals surface area contributed by atoms with Gasteiger partial charge in [-0.3, -0.25) is 4.79 Å². The molecule has 1 N–H and O–H groups in total. The molecule has 0 atom stereocenters. The van der Waals surface area contributed by atoms with E-state index in [4.69, 9.17) is 4.74 Å². The SMILES string of the molecule is O=C(COC(=O)C=Cc1cccc(Br)c1)NC1CCCC1. The third-order valence-corrected chi connectivity index (χ3v) is 3.82. The predicted molar refractivity (Wildman–Crippen MR) is 84.5 cm³/mol. The van der Waals surface area contributed by atoms with Crippen LogP contribution in [-0.2, 0) is 14.3 Å². The Labute approximate surface area is 132 Å². The number of rotatable bonds is 5. The van der Waals surface area contributed by atoms with Gasteiger partial charge >= 0.3 is 5.97 Å². The first-order valence-corrected chi connectivity index (χ1v) is 7.82. The Kier molecular flexibility index (Phi) is 5.99. The molecule has 1 aliphatic carbocycles. The first kappa shape index (κ1) is 15.8. The summed E-state index contributed by atoms with van der Waals surface area (Å²) in [5, 5.41) is 2.87. The van der Waals surface area contributed by atoms with Crippen LogP contribution < -0.4 is 5.32 Å². The highest BCUT2D eigenvalue weighted by atomic mass is 79.9. The topological polar surface area (TPSA) is 55.4 Å². The van der Waals surface area contributed by atoms with E-state index in [1.54, 1.807) is 6.08 Å². The second-order valence-electron chi connectivity index (χ2n) is 5.04. The standard InChI is InChI=1S/C16H18BrNO3/c17-13-5-3-4-12(10-13)8-9-16(20)21-11-15(19)18-14-6-1-2-7-14/h3-5,8-10,14H,1-2,6-7,11H2,(H,18,19). The molecule has 0 heterocycles. The Hall–Kier alpha value is -1.62. The average molecular weight is 352 g/mol. The van der Waals surface area contributed by atoms with Crippen molar-refractivity contribution in [3.8, 4) is 0 Å². The van der Waals surface area contributed by atoms with Crippen LogP contribution in [0.4, 0.5) is 0 Å². The number of carbonyl (C=O) groups is 2. The third kappa shape index (κ3) is 5.71. The molecule has 4 nitrogen and oxygen atoms in total. The van der Waals surface area contributed by atoms with Crippen molar-refractivity contribution >= 4 is 33.9 Å². The van der Waals surface area contributed by atoms with Crippen LogP contribution in [-0.4, -0.2) is 24.5 Å². The molecule has 112 valence electrons. The Morgan fingerprint density at radius 2 is 2.10 bits per heavy atom. The zero-order chi connectivity index (χ0) is 15.1. The maximum absolute atomic E-state index is 11.6. The summed E-state index contributed by atoms with van der Waals surface area (Å²) in [5.41, 5.74) is 0.886. The number of carbonyl (C=O) groups excluding carboxylic acids is 2. The van der Waals surface area contributed by atoms with Crippen LogP contribution in [0.1, 0.15) is 31.2 Å². The number of benzene rings is 1. The zero-order valence-electron chi connectivity index (χ0n) is 11.7. The van der Waals surface area contributed by atoms with Crippen molar-refractivity contribution in [2.75, 3.05) is 6.61 Å². The maximum atomic E-state index is 11.6. The van der Waals surface area contributed by atoms with E-state index in [-0.39, 0.29) is 18.6 Å². The number of amides is 1. The van der Waals surface area contributed by atoms with Crippen LogP contribution in [0.5, 0.6) is 0 Å². The molecule has 0 aromatic heterocycles. The van der Waals surface area contributed by atoms with E-state index in [2.05, 4.69) is 21.2 Å². The van der Waals surface area contributed by atoms with Crippen molar-refractivity contribution in [3.63, 3.8) is 0 Å². The summed E-state index contributed by atoms with van der Waals surface area (Å²) in [4.78, 5) is 23.1. The second kappa shape index (κ2) is 7.98. The minimum absolute atomic E-state index is 0.224. The van der Waals surface area contributed by atoms with Crippen LogP contribution >= 0.6 is 15.9 Å². The molecule has 0 bridgehead atoms. The number of hydrogen-bond donors (Lipinski definition) is 1. The van der Waals surface area contributed by atoms with Crippen LogP contribution in [0.25, 0.3) is 6.08 Å². The van der Waals surface area contributed by atoms with Crippen molar-refractivity contribution in [1.29, 1.82) is 0 Å². The minimum Gasteiger partial charge on any atom is -0.452 e. The predicted octanol–water partition coefficient (Wildman–Crippen LogP) is 3.06. The van der Waals surface area contributed by atoms with E-state index >= 15 is 0 Å². The van der Waals surface area contributed by atoms with Crippen LogP contribution in [0, 0.1) is 0 Å². The van der Waals surface area contributed by atoms with Gasteiger partial charge in [-0.2, -0.15) is 0 Å². The van der Waals surface area contributed by atoms with Gasteiger partial charge in [0.15, 0.2) is 6.61 Å².